The molecule has 6 heteroatoms. The van der Waals surface area contributed by atoms with Crippen LogP contribution in [0.2, 0.25) is 0 Å². The Labute approximate surface area is 160 Å². The van der Waals surface area contributed by atoms with Crippen LogP contribution in [0.3, 0.4) is 0 Å². The molecule has 6 nitrogen and oxygen atoms in total. The number of ether oxygens (including phenoxy) is 3. The van der Waals surface area contributed by atoms with Gasteiger partial charge in [0.1, 0.15) is 17.9 Å². The molecular formula is C21H26N2O4. The van der Waals surface area contributed by atoms with Gasteiger partial charge in [-0.3, -0.25) is 9.79 Å². The van der Waals surface area contributed by atoms with Crippen molar-refractivity contribution >= 4 is 11.8 Å². The molecule has 0 aliphatic carbocycles. The van der Waals surface area contributed by atoms with Crippen LogP contribution in [-0.2, 0) is 22.6 Å². The summed E-state index contributed by atoms with van der Waals surface area (Å²) in [6.45, 7) is 3.23. The van der Waals surface area contributed by atoms with Crippen molar-refractivity contribution in [3.05, 3.63) is 59.7 Å². The van der Waals surface area contributed by atoms with E-state index in [0.717, 1.165) is 22.6 Å². The lowest BCUT2D eigenvalue weighted by Gasteiger charge is -2.09. The monoisotopic (exact) mass is 370 g/mol. The minimum absolute atomic E-state index is 0.111. The van der Waals surface area contributed by atoms with Crippen LogP contribution < -0.4 is 14.8 Å². The maximum absolute atomic E-state index is 12.2. The van der Waals surface area contributed by atoms with Gasteiger partial charge in [-0.1, -0.05) is 24.3 Å². The second-order valence-electron chi connectivity index (χ2n) is 5.79. The zero-order chi connectivity index (χ0) is 19.5. The maximum atomic E-state index is 12.2. The first-order valence-corrected chi connectivity index (χ1v) is 8.83. The Hall–Kier alpha value is -3.02. The number of hydrogen-bond acceptors (Lipinski definition) is 5. The number of benzene rings is 2. The molecule has 0 spiro atoms. The summed E-state index contributed by atoms with van der Waals surface area (Å²) in [7, 11) is 3.25. The molecule has 0 aliphatic rings. The number of rotatable bonds is 9. The first kappa shape index (κ1) is 20.3. The summed E-state index contributed by atoms with van der Waals surface area (Å²) in [4.78, 5) is 16.6. The number of nitrogens with one attached hydrogen (secondary N) is 1. The molecule has 2 aromatic rings. The van der Waals surface area contributed by atoms with Crippen LogP contribution in [0.25, 0.3) is 0 Å². The molecule has 0 fully saturated rings. The fourth-order valence-electron chi connectivity index (χ4n) is 2.37. The molecule has 2 rings (SSSR count). The molecule has 0 atom stereocenters. The minimum Gasteiger partial charge on any atom is -0.497 e. The molecule has 0 bridgehead atoms. The van der Waals surface area contributed by atoms with E-state index in [2.05, 4.69) is 10.3 Å². The van der Waals surface area contributed by atoms with Gasteiger partial charge in [0, 0.05) is 6.54 Å². The standard InChI is InChI=1S/C21H26N2O4/c1-4-27-21(23-15-17-7-11-19(26-3)12-8-17)13-20(24)22-14-16-5-9-18(25-2)10-6-16/h5-12H,4,13-15H2,1-3H3,(H,22,24). The Kier molecular flexibility index (Phi) is 8.16. The van der Waals surface area contributed by atoms with E-state index in [4.69, 9.17) is 14.2 Å². The van der Waals surface area contributed by atoms with Crippen LogP contribution in [-0.4, -0.2) is 32.6 Å². The van der Waals surface area contributed by atoms with Crippen LogP contribution in [0, 0.1) is 0 Å². The number of methoxy groups -OCH3 is 2. The molecule has 144 valence electrons. The predicted molar refractivity (Wildman–Crippen MR) is 105 cm³/mol. The van der Waals surface area contributed by atoms with E-state index < -0.39 is 0 Å². The molecule has 1 N–H and O–H groups in total. The van der Waals surface area contributed by atoms with E-state index in [9.17, 15) is 4.79 Å². The molecule has 0 radical (unpaired) electrons. The molecule has 27 heavy (non-hydrogen) atoms. The second kappa shape index (κ2) is 10.9. The van der Waals surface area contributed by atoms with Crippen molar-refractivity contribution in [1.82, 2.24) is 5.32 Å². The SMILES string of the molecule is CCOC(CC(=O)NCc1ccc(OC)cc1)=NCc1ccc(OC)cc1. The summed E-state index contributed by atoms with van der Waals surface area (Å²) in [6.07, 6.45) is 0.111. The highest BCUT2D eigenvalue weighted by molar-refractivity contribution is 5.96. The Morgan fingerprint density at radius 3 is 2.00 bits per heavy atom. The lowest BCUT2D eigenvalue weighted by atomic mass is 10.2. The number of amides is 1. The van der Waals surface area contributed by atoms with E-state index in [0.29, 0.717) is 25.6 Å². The molecule has 0 saturated carbocycles. The van der Waals surface area contributed by atoms with Gasteiger partial charge in [0.05, 0.1) is 27.4 Å². The third-order valence-corrected chi connectivity index (χ3v) is 3.87. The van der Waals surface area contributed by atoms with Gasteiger partial charge in [-0.05, 0) is 42.3 Å². The van der Waals surface area contributed by atoms with Crippen molar-refractivity contribution in [1.29, 1.82) is 0 Å². The van der Waals surface area contributed by atoms with E-state index in [1.807, 2.05) is 55.5 Å². The predicted octanol–water partition coefficient (Wildman–Crippen LogP) is 3.35. The van der Waals surface area contributed by atoms with Gasteiger partial charge >= 0.3 is 0 Å². The number of hydrogen-bond donors (Lipinski definition) is 1. The Morgan fingerprint density at radius 2 is 1.48 bits per heavy atom. The first-order valence-electron chi connectivity index (χ1n) is 8.83. The van der Waals surface area contributed by atoms with Crippen LogP contribution in [0.15, 0.2) is 53.5 Å². The third kappa shape index (κ3) is 7.01. The molecule has 0 heterocycles. The van der Waals surface area contributed by atoms with E-state index in [1.54, 1.807) is 14.2 Å². The van der Waals surface area contributed by atoms with Crippen LogP contribution in [0.1, 0.15) is 24.5 Å². The van der Waals surface area contributed by atoms with Gasteiger partial charge in [0.15, 0.2) is 5.90 Å². The second-order valence-corrected chi connectivity index (χ2v) is 5.79. The summed E-state index contributed by atoms with van der Waals surface area (Å²) >= 11 is 0. The van der Waals surface area contributed by atoms with Gasteiger partial charge in [0.2, 0.25) is 5.91 Å². The van der Waals surface area contributed by atoms with Gasteiger partial charge in [-0.25, -0.2) is 0 Å². The minimum atomic E-state index is -0.132. The summed E-state index contributed by atoms with van der Waals surface area (Å²) in [5, 5.41) is 2.88. The molecule has 0 aromatic heterocycles. The van der Waals surface area contributed by atoms with Crippen LogP contribution in [0.4, 0.5) is 0 Å². The quantitative estimate of drug-likeness (QED) is 0.543. The molecule has 0 saturated heterocycles. The summed E-state index contributed by atoms with van der Waals surface area (Å²) in [6, 6.07) is 15.2. The Balaban J connectivity index is 1.87. The van der Waals surface area contributed by atoms with Gasteiger partial charge < -0.3 is 19.5 Å². The summed E-state index contributed by atoms with van der Waals surface area (Å²) in [5.41, 5.74) is 2.02. The fraction of sp³-hybridized carbons (Fsp3) is 0.333. The highest BCUT2D eigenvalue weighted by Gasteiger charge is 2.09. The van der Waals surface area contributed by atoms with Crippen molar-refractivity contribution in [2.24, 2.45) is 4.99 Å². The van der Waals surface area contributed by atoms with E-state index >= 15 is 0 Å². The smallest absolute Gasteiger partial charge is 0.229 e. The van der Waals surface area contributed by atoms with Crippen molar-refractivity contribution in [3.8, 4) is 11.5 Å². The zero-order valence-corrected chi connectivity index (χ0v) is 16.0. The average molecular weight is 370 g/mol. The number of aliphatic imine (C=N–C) groups is 1. The van der Waals surface area contributed by atoms with E-state index in [1.165, 1.54) is 0 Å². The largest absolute Gasteiger partial charge is 0.497 e. The topological polar surface area (TPSA) is 69.2 Å². The first-order chi connectivity index (χ1) is 13.1. The van der Waals surface area contributed by atoms with Crippen LogP contribution in [0.5, 0.6) is 11.5 Å². The molecular weight excluding hydrogens is 344 g/mol. The third-order valence-electron chi connectivity index (χ3n) is 3.87. The Morgan fingerprint density at radius 1 is 0.926 bits per heavy atom. The van der Waals surface area contributed by atoms with Crippen LogP contribution >= 0.6 is 0 Å². The van der Waals surface area contributed by atoms with Gasteiger partial charge in [0.25, 0.3) is 0 Å². The highest BCUT2D eigenvalue weighted by atomic mass is 16.5. The van der Waals surface area contributed by atoms with Crippen molar-refractivity contribution in [3.63, 3.8) is 0 Å². The molecule has 0 unspecified atom stereocenters. The Bertz CT molecular complexity index is 740. The molecule has 1 amide bonds. The van der Waals surface area contributed by atoms with E-state index in [-0.39, 0.29) is 12.3 Å². The van der Waals surface area contributed by atoms with Gasteiger partial charge in [-0.2, -0.15) is 0 Å². The normalized spacial score (nSPS) is 11.0. The molecule has 0 aliphatic heterocycles. The zero-order valence-electron chi connectivity index (χ0n) is 16.0. The van der Waals surface area contributed by atoms with Crippen molar-refractivity contribution in [2.75, 3.05) is 20.8 Å². The number of carbonyl (C=O) groups is 1. The average Bonchev–Trinajstić information content (AvgIpc) is 2.71. The number of carbonyl (C=O) groups excluding carboxylic acids is 1. The lowest BCUT2D eigenvalue weighted by Crippen LogP contribution is -2.26. The fourth-order valence-corrected chi connectivity index (χ4v) is 2.37. The highest BCUT2D eigenvalue weighted by Crippen LogP contribution is 2.13. The molecule has 2 aromatic carbocycles. The van der Waals surface area contributed by atoms with Crippen molar-refractivity contribution < 1.29 is 19.0 Å². The number of nitrogens with zero attached hydrogens (tertiary/aromatic N) is 1. The summed E-state index contributed by atoms with van der Waals surface area (Å²) in [5.74, 6) is 1.88. The lowest BCUT2D eigenvalue weighted by molar-refractivity contribution is -0.120. The van der Waals surface area contributed by atoms with Crippen molar-refractivity contribution in [2.45, 2.75) is 26.4 Å². The summed E-state index contributed by atoms with van der Waals surface area (Å²) < 4.78 is 15.8. The maximum Gasteiger partial charge on any atom is 0.229 e. The van der Waals surface area contributed by atoms with Gasteiger partial charge in [-0.15, -0.1) is 0 Å².